The predicted molar refractivity (Wildman–Crippen MR) is 55.2 cm³/mol. The van der Waals surface area contributed by atoms with E-state index in [1.54, 1.807) is 6.92 Å². The van der Waals surface area contributed by atoms with Crippen LogP contribution < -0.4 is 5.73 Å². The van der Waals surface area contributed by atoms with Crippen molar-refractivity contribution in [3.05, 3.63) is 0 Å². The van der Waals surface area contributed by atoms with Gasteiger partial charge in [0.15, 0.2) is 0 Å². The van der Waals surface area contributed by atoms with Gasteiger partial charge in [-0.05, 0) is 33.4 Å². The molecule has 0 saturated heterocycles. The van der Waals surface area contributed by atoms with Crippen molar-refractivity contribution in [2.45, 2.75) is 38.6 Å². The van der Waals surface area contributed by atoms with Gasteiger partial charge in [-0.15, -0.1) is 0 Å². The van der Waals surface area contributed by atoms with Gasteiger partial charge in [0.25, 0.3) is 0 Å². The minimum absolute atomic E-state index is 0.666. The van der Waals surface area contributed by atoms with Gasteiger partial charge >= 0.3 is 0 Å². The highest BCUT2D eigenvalue weighted by Crippen LogP contribution is 2.04. The summed E-state index contributed by atoms with van der Waals surface area (Å²) >= 11 is 0. The van der Waals surface area contributed by atoms with E-state index < -0.39 is 5.54 Å². The fourth-order valence-corrected chi connectivity index (χ4v) is 1.02. The molecule has 3 nitrogen and oxygen atoms in total. The molecule has 0 saturated carbocycles. The monoisotopic (exact) mass is 183 g/mol. The van der Waals surface area contributed by atoms with Crippen LogP contribution in [0.5, 0.6) is 0 Å². The fourth-order valence-electron chi connectivity index (χ4n) is 1.02. The van der Waals surface area contributed by atoms with Gasteiger partial charge in [-0.25, -0.2) is 0 Å². The molecule has 1 atom stereocenters. The van der Waals surface area contributed by atoms with E-state index in [1.807, 2.05) is 0 Å². The van der Waals surface area contributed by atoms with Crippen molar-refractivity contribution in [1.29, 1.82) is 5.26 Å². The lowest BCUT2D eigenvalue weighted by molar-refractivity contribution is 0.302. The average Bonchev–Trinajstić information content (AvgIpc) is 2.11. The van der Waals surface area contributed by atoms with E-state index in [9.17, 15) is 0 Å². The number of nitrogens with zero attached hydrogens (tertiary/aromatic N) is 2. The summed E-state index contributed by atoms with van der Waals surface area (Å²) < 4.78 is 0. The number of nitrogens with two attached hydrogens (primary N) is 1. The molecule has 0 aromatic heterocycles. The van der Waals surface area contributed by atoms with Crippen molar-refractivity contribution in [1.82, 2.24) is 4.90 Å². The molecular formula is C10H21N3. The molecule has 2 N–H and O–H groups in total. The smallest absolute Gasteiger partial charge is 0.102 e. The first-order chi connectivity index (χ1) is 6.02. The predicted octanol–water partition coefficient (Wildman–Crippen LogP) is 1.35. The van der Waals surface area contributed by atoms with Crippen LogP contribution in [-0.4, -0.2) is 30.6 Å². The normalized spacial score (nSPS) is 15.4. The number of nitriles is 1. The molecular weight excluding hydrogens is 162 g/mol. The highest BCUT2D eigenvalue weighted by Gasteiger charge is 2.17. The molecule has 0 amide bonds. The Hall–Kier alpha value is -0.590. The van der Waals surface area contributed by atoms with Crippen molar-refractivity contribution in [3.63, 3.8) is 0 Å². The Balaban J connectivity index is 3.58. The van der Waals surface area contributed by atoms with Crippen LogP contribution in [0.1, 0.15) is 33.1 Å². The van der Waals surface area contributed by atoms with Gasteiger partial charge in [0, 0.05) is 6.54 Å². The molecule has 0 fully saturated rings. The van der Waals surface area contributed by atoms with E-state index in [1.165, 1.54) is 12.8 Å². The van der Waals surface area contributed by atoms with Gasteiger partial charge < -0.3 is 10.6 Å². The van der Waals surface area contributed by atoms with Crippen molar-refractivity contribution in [2.24, 2.45) is 5.73 Å². The summed E-state index contributed by atoms with van der Waals surface area (Å²) in [7, 11) is 2.07. The number of hydrogen-bond donors (Lipinski definition) is 1. The largest absolute Gasteiger partial charge is 0.314 e. The third kappa shape index (κ3) is 6.56. The van der Waals surface area contributed by atoms with Gasteiger partial charge in [-0.3, -0.25) is 0 Å². The van der Waals surface area contributed by atoms with E-state index in [4.69, 9.17) is 11.0 Å². The third-order valence-electron chi connectivity index (χ3n) is 2.16. The maximum Gasteiger partial charge on any atom is 0.102 e. The molecule has 76 valence electrons. The molecule has 0 aliphatic carbocycles. The van der Waals surface area contributed by atoms with E-state index in [-0.39, 0.29) is 0 Å². The highest BCUT2D eigenvalue weighted by atomic mass is 15.1. The van der Waals surface area contributed by atoms with E-state index in [0.717, 1.165) is 19.5 Å². The average molecular weight is 183 g/mol. The number of rotatable bonds is 6. The Morgan fingerprint density at radius 2 is 2.08 bits per heavy atom. The molecule has 0 aliphatic heterocycles. The second kappa shape index (κ2) is 5.95. The van der Waals surface area contributed by atoms with Crippen molar-refractivity contribution in [2.75, 3.05) is 20.1 Å². The molecule has 0 aromatic carbocycles. The van der Waals surface area contributed by atoms with Gasteiger partial charge in [0.05, 0.1) is 6.07 Å². The number of unbranched alkanes of at least 4 members (excludes halogenated alkanes) is 1. The molecule has 0 aliphatic rings. The van der Waals surface area contributed by atoms with Crippen LogP contribution in [0, 0.1) is 11.3 Å². The zero-order valence-corrected chi connectivity index (χ0v) is 9.01. The second-order valence-corrected chi connectivity index (χ2v) is 3.94. The summed E-state index contributed by atoms with van der Waals surface area (Å²) in [5.41, 5.74) is 5.04. The lowest BCUT2D eigenvalue weighted by atomic mass is 10.0. The third-order valence-corrected chi connectivity index (χ3v) is 2.16. The van der Waals surface area contributed by atoms with Crippen LogP contribution in [0.4, 0.5) is 0 Å². The molecule has 0 aromatic rings. The first-order valence-corrected chi connectivity index (χ1v) is 4.90. The summed E-state index contributed by atoms with van der Waals surface area (Å²) in [6.07, 6.45) is 3.16. The van der Waals surface area contributed by atoms with Crippen LogP contribution >= 0.6 is 0 Å². The molecule has 0 spiro atoms. The first-order valence-electron chi connectivity index (χ1n) is 4.90. The zero-order valence-electron chi connectivity index (χ0n) is 9.01. The minimum Gasteiger partial charge on any atom is -0.314 e. The van der Waals surface area contributed by atoms with E-state index in [2.05, 4.69) is 24.9 Å². The van der Waals surface area contributed by atoms with Gasteiger partial charge in [0.2, 0.25) is 0 Å². The minimum atomic E-state index is -0.666. The SMILES string of the molecule is CCCCN(C)CCC(C)(N)C#N. The maximum atomic E-state index is 8.69. The van der Waals surface area contributed by atoms with Crippen molar-refractivity contribution in [3.8, 4) is 6.07 Å². The Morgan fingerprint density at radius 3 is 2.54 bits per heavy atom. The fraction of sp³-hybridized carbons (Fsp3) is 0.900. The Kier molecular flexibility index (Phi) is 5.68. The quantitative estimate of drug-likeness (QED) is 0.676. The van der Waals surface area contributed by atoms with Crippen LogP contribution in [0.3, 0.4) is 0 Å². The lowest BCUT2D eigenvalue weighted by Gasteiger charge is -2.21. The Bertz CT molecular complexity index is 169. The molecule has 0 heterocycles. The number of hydrogen-bond acceptors (Lipinski definition) is 3. The van der Waals surface area contributed by atoms with Gasteiger partial charge in [-0.2, -0.15) is 5.26 Å². The van der Waals surface area contributed by atoms with Crippen LogP contribution in [0.25, 0.3) is 0 Å². The Morgan fingerprint density at radius 1 is 1.46 bits per heavy atom. The summed E-state index contributed by atoms with van der Waals surface area (Å²) in [5, 5.41) is 8.69. The van der Waals surface area contributed by atoms with E-state index in [0.29, 0.717) is 0 Å². The molecule has 0 bridgehead atoms. The Labute approximate surface area is 81.5 Å². The lowest BCUT2D eigenvalue weighted by Crippen LogP contribution is -2.38. The summed E-state index contributed by atoms with van der Waals surface area (Å²) in [6.45, 7) is 5.95. The summed E-state index contributed by atoms with van der Waals surface area (Å²) in [4.78, 5) is 2.23. The molecule has 0 rings (SSSR count). The van der Waals surface area contributed by atoms with E-state index >= 15 is 0 Å². The van der Waals surface area contributed by atoms with Crippen molar-refractivity contribution < 1.29 is 0 Å². The van der Waals surface area contributed by atoms with Gasteiger partial charge in [-0.1, -0.05) is 13.3 Å². The maximum absolute atomic E-state index is 8.69. The first kappa shape index (κ1) is 12.4. The van der Waals surface area contributed by atoms with Gasteiger partial charge in [0.1, 0.15) is 5.54 Å². The summed E-state index contributed by atoms with van der Waals surface area (Å²) in [5.74, 6) is 0. The zero-order chi connectivity index (χ0) is 10.3. The highest BCUT2D eigenvalue weighted by molar-refractivity contribution is 5.00. The standard InChI is InChI=1S/C10H21N3/c1-4-5-7-13(3)8-6-10(2,12)9-11/h4-8,12H2,1-3H3. The van der Waals surface area contributed by atoms with Crippen LogP contribution in [0.2, 0.25) is 0 Å². The molecule has 13 heavy (non-hydrogen) atoms. The van der Waals surface area contributed by atoms with Crippen LogP contribution in [0.15, 0.2) is 0 Å². The topological polar surface area (TPSA) is 53.0 Å². The van der Waals surface area contributed by atoms with Crippen molar-refractivity contribution >= 4 is 0 Å². The second-order valence-electron chi connectivity index (χ2n) is 3.94. The molecule has 0 radical (unpaired) electrons. The van der Waals surface area contributed by atoms with Crippen LogP contribution in [-0.2, 0) is 0 Å². The molecule has 3 heteroatoms. The summed E-state index contributed by atoms with van der Waals surface area (Å²) in [6, 6.07) is 2.10. The molecule has 1 unspecified atom stereocenters.